The third-order valence-electron chi connectivity index (χ3n) is 2.83. The lowest BCUT2D eigenvalue weighted by Crippen LogP contribution is -2.22. The van der Waals surface area contributed by atoms with Gasteiger partial charge in [-0.2, -0.15) is 0 Å². The molecule has 0 spiro atoms. The van der Waals surface area contributed by atoms with Gasteiger partial charge in [0.1, 0.15) is 5.75 Å². The first-order chi connectivity index (χ1) is 9.60. The molecule has 5 heteroatoms. The number of carbonyl (C=O) groups excluding carboxylic acids is 1. The van der Waals surface area contributed by atoms with Crippen molar-refractivity contribution in [2.45, 2.75) is 6.54 Å². The highest BCUT2D eigenvalue weighted by molar-refractivity contribution is 6.30. The predicted octanol–water partition coefficient (Wildman–Crippen LogP) is 2.86. The van der Waals surface area contributed by atoms with Crippen LogP contribution in [-0.2, 0) is 6.54 Å². The highest BCUT2D eigenvalue weighted by atomic mass is 35.5. The van der Waals surface area contributed by atoms with Crippen molar-refractivity contribution >= 4 is 23.2 Å². The number of nitrogen functional groups attached to an aromatic ring is 1. The highest BCUT2D eigenvalue weighted by Gasteiger charge is 2.06. The molecule has 0 bridgehead atoms. The van der Waals surface area contributed by atoms with E-state index in [4.69, 9.17) is 22.1 Å². The molecular formula is C15H15ClN2O2. The summed E-state index contributed by atoms with van der Waals surface area (Å²) in [7, 11) is 1.56. The van der Waals surface area contributed by atoms with Crippen LogP contribution < -0.4 is 15.8 Å². The zero-order chi connectivity index (χ0) is 14.5. The molecule has 0 atom stereocenters. The Morgan fingerprint density at radius 1 is 1.30 bits per heavy atom. The number of anilines is 1. The van der Waals surface area contributed by atoms with E-state index in [1.165, 1.54) is 0 Å². The molecule has 104 valence electrons. The van der Waals surface area contributed by atoms with Crippen LogP contribution in [0.25, 0.3) is 0 Å². The zero-order valence-corrected chi connectivity index (χ0v) is 11.8. The van der Waals surface area contributed by atoms with Crippen molar-refractivity contribution in [3.8, 4) is 5.75 Å². The number of amides is 1. The van der Waals surface area contributed by atoms with Crippen LogP contribution >= 0.6 is 11.6 Å². The molecule has 2 aromatic carbocycles. The maximum atomic E-state index is 12.0. The second-order valence-corrected chi connectivity index (χ2v) is 4.71. The van der Waals surface area contributed by atoms with Gasteiger partial charge in [-0.1, -0.05) is 23.7 Å². The molecule has 0 fully saturated rings. The summed E-state index contributed by atoms with van der Waals surface area (Å²) >= 11 is 5.85. The van der Waals surface area contributed by atoms with Gasteiger partial charge in [-0.15, -0.1) is 0 Å². The van der Waals surface area contributed by atoms with E-state index >= 15 is 0 Å². The van der Waals surface area contributed by atoms with Gasteiger partial charge in [0.15, 0.2) is 0 Å². The number of carbonyl (C=O) groups is 1. The van der Waals surface area contributed by atoms with Crippen molar-refractivity contribution < 1.29 is 9.53 Å². The van der Waals surface area contributed by atoms with Crippen LogP contribution in [-0.4, -0.2) is 13.0 Å². The first-order valence-electron chi connectivity index (χ1n) is 6.06. The number of nitrogens with two attached hydrogens (primary N) is 1. The number of nitrogens with one attached hydrogen (secondary N) is 1. The van der Waals surface area contributed by atoms with Crippen LogP contribution in [0, 0.1) is 0 Å². The van der Waals surface area contributed by atoms with E-state index in [-0.39, 0.29) is 5.91 Å². The highest BCUT2D eigenvalue weighted by Crippen LogP contribution is 2.21. The SMILES string of the molecule is COc1ccc(CNC(=O)c2cccc(Cl)c2)cc1N. The number of hydrogen-bond donors (Lipinski definition) is 2. The lowest BCUT2D eigenvalue weighted by molar-refractivity contribution is 0.0951. The maximum absolute atomic E-state index is 12.0. The van der Waals surface area contributed by atoms with Gasteiger partial charge in [-0.3, -0.25) is 4.79 Å². The number of ether oxygens (including phenoxy) is 1. The van der Waals surface area contributed by atoms with Gasteiger partial charge in [-0.25, -0.2) is 0 Å². The summed E-state index contributed by atoms with van der Waals surface area (Å²) in [5.74, 6) is 0.441. The van der Waals surface area contributed by atoms with E-state index in [0.717, 1.165) is 5.56 Å². The van der Waals surface area contributed by atoms with Crippen LogP contribution in [0.4, 0.5) is 5.69 Å². The number of methoxy groups -OCH3 is 1. The molecule has 0 saturated carbocycles. The molecule has 3 N–H and O–H groups in total. The molecule has 4 nitrogen and oxygen atoms in total. The summed E-state index contributed by atoms with van der Waals surface area (Å²) in [5, 5.41) is 3.35. The van der Waals surface area contributed by atoms with E-state index < -0.39 is 0 Å². The zero-order valence-electron chi connectivity index (χ0n) is 11.0. The Morgan fingerprint density at radius 3 is 2.75 bits per heavy atom. The second-order valence-electron chi connectivity index (χ2n) is 4.27. The topological polar surface area (TPSA) is 64.3 Å². The molecule has 2 rings (SSSR count). The molecule has 1 amide bonds. The third kappa shape index (κ3) is 3.42. The minimum Gasteiger partial charge on any atom is -0.495 e. The quantitative estimate of drug-likeness (QED) is 0.851. The van der Waals surface area contributed by atoms with E-state index in [2.05, 4.69) is 5.32 Å². The lowest BCUT2D eigenvalue weighted by atomic mass is 10.1. The third-order valence-corrected chi connectivity index (χ3v) is 3.07. The molecule has 0 radical (unpaired) electrons. The number of hydrogen-bond acceptors (Lipinski definition) is 3. The summed E-state index contributed by atoms with van der Waals surface area (Å²) in [4.78, 5) is 12.0. The summed E-state index contributed by atoms with van der Waals surface area (Å²) in [6.07, 6.45) is 0. The van der Waals surface area contributed by atoms with E-state index in [1.807, 2.05) is 6.07 Å². The fourth-order valence-electron chi connectivity index (χ4n) is 1.81. The molecule has 0 saturated heterocycles. The average Bonchev–Trinajstić information content (AvgIpc) is 2.45. The average molecular weight is 291 g/mol. The predicted molar refractivity (Wildman–Crippen MR) is 80.0 cm³/mol. The number of halogens is 1. The van der Waals surface area contributed by atoms with Crippen molar-refractivity contribution in [1.82, 2.24) is 5.32 Å². The first-order valence-corrected chi connectivity index (χ1v) is 6.44. The largest absolute Gasteiger partial charge is 0.495 e. The molecule has 0 aliphatic carbocycles. The Labute approximate surface area is 122 Å². The van der Waals surface area contributed by atoms with Gasteiger partial charge >= 0.3 is 0 Å². The van der Waals surface area contributed by atoms with E-state index in [0.29, 0.717) is 28.6 Å². The van der Waals surface area contributed by atoms with Crippen LogP contribution in [0.15, 0.2) is 42.5 Å². The molecule has 0 aliphatic rings. The van der Waals surface area contributed by atoms with Gasteiger partial charge < -0.3 is 15.8 Å². The van der Waals surface area contributed by atoms with Crippen molar-refractivity contribution in [2.75, 3.05) is 12.8 Å². The minimum absolute atomic E-state index is 0.179. The summed E-state index contributed by atoms with van der Waals surface area (Å²) in [6, 6.07) is 12.2. The molecule has 0 unspecified atom stereocenters. The van der Waals surface area contributed by atoms with Gasteiger partial charge in [0.05, 0.1) is 12.8 Å². The van der Waals surface area contributed by atoms with Crippen LogP contribution in [0.1, 0.15) is 15.9 Å². The van der Waals surface area contributed by atoms with Gasteiger partial charge in [0.25, 0.3) is 5.91 Å². The number of rotatable bonds is 4. The monoisotopic (exact) mass is 290 g/mol. The Bertz CT molecular complexity index is 629. The fourth-order valence-corrected chi connectivity index (χ4v) is 2.00. The standard InChI is InChI=1S/C15H15ClN2O2/c1-20-14-6-5-10(7-13(14)17)9-18-15(19)11-3-2-4-12(16)8-11/h2-8H,9,17H2,1H3,(H,18,19). The molecule has 0 heterocycles. The van der Waals surface area contributed by atoms with E-state index in [9.17, 15) is 4.79 Å². The smallest absolute Gasteiger partial charge is 0.251 e. The molecular weight excluding hydrogens is 276 g/mol. The Balaban J connectivity index is 2.02. The first kappa shape index (κ1) is 14.2. The Hall–Kier alpha value is -2.20. The summed E-state index contributed by atoms with van der Waals surface area (Å²) < 4.78 is 5.08. The minimum atomic E-state index is -0.179. The van der Waals surface area contributed by atoms with Crippen molar-refractivity contribution in [2.24, 2.45) is 0 Å². The Morgan fingerprint density at radius 2 is 2.10 bits per heavy atom. The normalized spacial score (nSPS) is 10.1. The number of benzene rings is 2. The summed E-state index contributed by atoms with van der Waals surface area (Å²) in [6.45, 7) is 0.388. The van der Waals surface area contributed by atoms with Crippen LogP contribution in [0.2, 0.25) is 5.02 Å². The van der Waals surface area contributed by atoms with E-state index in [1.54, 1.807) is 43.5 Å². The lowest BCUT2D eigenvalue weighted by Gasteiger charge is -2.09. The molecule has 0 aliphatic heterocycles. The van der Waals surface area contributed by atoms with Gasteiger partial charge in [-0.05, 0) is 35.9 Å². The second kappa shape index (κ2) is 6.30. The van der Waals surface area contributed by atoms with Crippen molar-refractivity contribution in [3.05, 3.63) is 58.6 Å². The fraction of sp³-hybridized carbons (Fsp3) is 0.133. The molecule has 0 aromatic heterocycles. The van der Waals surface area contributed by atoms with Crippen molar-refractivity contribution in [3.63, 3.8) is 0 Å². The molecule has 20 heavy (non-hydrogen) atoms. The molecule has 2 aromatic rings. The van der Waals surface area contributed by atoms with Gasteiger partial charge in [0, 0.05) is 17.1 Å². The van der Waals surface area contributed by atoms with Crippen molar-refractivity contribution in [1.29, 1.82) is 0 Å². The van der Waals surface area contributed by atoms with Gasteiger partial charge in [0.2, 0.25) is 0 Å². The van der Waals surface area contributed by atoms with Crippen LogP contribution in [0.3, 0.4) is 0 Å². The van der Waals surface area contributed by atoms with Crippen LogP contribution in [0.5, 0.6) is 5.75 Å². The summed E-state index contributed by atoms with van der Waals surface area (Å²) in [5.41, 5.74) is 7.79. The maximum Gasteiger partial charge on any atom is 0.251 e. The Kier molecular flexibility index (Phi) is 4.48.